The Morgan fingerprint density at radius 2 is 2.09 bits per heavy atom. The van der Waals surface area contributed by atoms with Crippen LogP contribution in [0.15, 0.2) is 21.7 Å². The first-order valence-corrected chi connectivity index (χ1v) is 8.30. The van der Waals surface area contributed by atoms with Gasteiger partial charge in [-0.3, -0.25) is 4.79 Å². The second kappa shape index (κ2) is 6.66. The number of aromatic nitrogens is 3. The van der Waals surface area contributed by atoms with Crippen LogP contribution in [0.5, 0.6) is 0 Å². The first-order chi connectivity index (χ1) is 10.7. The number of nitrogens with zero attached hydrogens (tertiary/aromatic N) is 4. The molecule has 2 aromatic rings. The summed E-state index contributed by atoms with van der Waals surface area (Å²) in [5, 5.41) is 8.70. The van der Waals surface area contributed by atoms with E-state index in [1.165, 1.54) is 16.4 Å². The number of hydrogen-bond acceptors (Lipinski definition) is 6. The number of rotatable bonds is 5. The monoisotopic (exact) mass is 337 g/mol. The fourth-order valence-corrected chi connectivity index (χ4v) is 2.81. The molecule has 8 heteroatoms. The smallest absolute Gasteiger partial charge is 0.233 e. The summed E-state index contributed by atoms with van der Waals surface area (Å²) < 4.78 is 6.93. The summed E-state index contributed by atoms with van der Waals surface area (Å²) in [4.78, 5) is 13.8. The van der Waals surface area contributed by atoms with E-state index in [-0.39, 0.29) is 17.1 Å². The lowest BCUT2D eigenvalue weighted by Gasteiger charge is -2.17. The minimum Gasteiger partial charge on any atom is -0.464 e. The van der Waals surface area contributed by atoms with Crippen LogP contribution in [0.2, 0.25) is 0 Å². The second-order valence-electron chi connectivity index (χ2n) is 6.48. The molecule has 0 atom stereocenters. The predicted molar refractivity (Wildman–Crippen MR) is 89.5 cm³/mol. The van der Waals surface area contributed by atoms with Gasteiger partial charge in [0.25, 0.3) is 0 Å². The van der Waals surface area contributed by atoms with E-state index in [1.807, 2.05) is 39.8 Å². The number of aryl methyl sites for hydroxylation is 1. The maximum atomic E-state index is 12.2. The number of amides is 1. The first-order valence-electron chi connectivity index (χ1n) is 7.31. The molecule has 2 rings (SSSR count). The van der Waals surface area contributed by atoms with Gasteiger partial charge in [-0.05, 0) is 19.1 Å². The van der Waals surface area contributed by atoms with Gasteiger partial charge in [0.2, 0.25) is 11.1 Å². The number of hydrogen-bond donors (Lipinski definition) is 1. The van der Waals surface area contributed by atoms with E-state index in [0.29, 0.717) is 17.5 Å². The number of nitrogen functional groups attached to an aromatic ring is 1. The van der Waals surface area contributed by atoms with Crippen LogP contribution in [0.3, 0.4) is 0 Å². The molecule has 0 aliphatic rings. The lowest BCUT2D eigenvalue weighted by Crippen LogP contribution is -2.28. The summed E-state index contributed by atoms with van der Waals surface area (Å²) >= 11 is 1.28. The summed E-state index contributed by atoms with van der Waals surface area (Å²) in [6.45, 7) is 8.36. The standard InChI is InChI=1S/C15H23N5O2S/c1-10-6-7-11(22-10)8-19(5)12(21)9-23-14-18-17-13(20(14)16)15(2,3)4/h6-7H,8-9,16H2,1-5H3. The van der Waals surface area contributed by atoms with E-state index in [4.69, 9.17) is 10.3 Å². The molecule has 7 nitrogen and oxygen atoms in total. The Hall–Kier alpha value is -1.96. The van der Waals surface area contributed by atoms with Crippen molar-refractivity contribution in [1.29, 1.82) is 0 Å². The molecule has 0 radical (unpaired) electrons. The maximum Gasteiger partial charge on any atom is 0.233 e. The molecule has 0 aliphatic heterocycles. The first kappa shape index (κ1) is 17.4. The second-order valence-corrected chi connectivity index (χ2v) is 7.42. The van der Waals surface area contributed by atoms with Gasteiger partial charge >= 0.3 is 0 Å². The molecule has 0 aliphatic carbocycles. The molecule has 0 aromatic carbocycles. The summed E-state index contributed by atoms with van der Waals surface area (Å²) in [6, 6.07) is 3.76. The number of carbonyl (C=O) groups excluding carboxylic acids is 1. The van der Waals surface area contributed by atoms with Gasteiger partial charge in [0.1, 0.15) is 11.5 Å². The lowest BCUT2D eigenvalue weighted by atomic mass is 9.96. The zero-order chi connectivity index (χ0) is 17.2. The fourth-order valence-electron chi connectivity index (χ4n) is 2.02. The molecule has 0 bridgehead atoms. The highest BCUT2D eigenvalue weighted by atomic mass is 32.2. The highest BCUT2D eigenvalue weighted by molar-refractivity contribution is 7.99. The molecule has 0 saturated carbocycles. The van der Waals surface area contributed by atoms with Crippen molar-refractivity contribution < 1.29 is 9.21 Å². The number of furan rings is 1. The van der Waals surface area contributed by atoms with Crippen LogP contribution in [0.1, 0.15) is 38.1 Å². The van der Waals surface area contributed by atoms with Gasteiger partial charge in [-0.2, -0.15) is 0 Å². The van der Waals surface area contributed by atoms with E-state index >= 15 is 0 Å². The van der Waals surface area contributed by atoms with Crippen LogP contribution < -0.4 is 5.84 Å². The van der Waals surface area contributed by atoms with Gasteiger partial charge in [-0.25, -0.2) is 4.68 Å². The Balaban J connectivity index is 1.93. The minimum atomic E-state index is -0.196. The summed E-state index contributed by atoms with van der Waals surface area (Å²) in [7, 11) is 1.74. The van der Waals surface area contributed by atoms with Crippen LogP contribution in [0, 0.1) is 6.92 Å². The topological polar surface area (TPSA) is 90.2 Å². The van der Waals surface area contributed by atoms with Gasteiger partial charge in [0.15, 0.2) is 5.82 Å². The van der Waals surface area contributed by atoms with Crippen molar-refractivity contribution in [3.8, 4) is 0 Å². The van der Waals surface area contributed by atoms with Gasteiger partial charge in [-0.15, -0.1) is 10.2 Å². The van der Waals surface area contributed by atoms with E-state index in [0.717, 1.165) is 11.5 Å². The third kappa shape index (κ3) is 4.28. The van der Waals surface area contributed by atoms with Crippen LogP contribution in [-0.2, 0) is 16.8 Å². The minimum absolute atomic E-state index is 0.0237. The van der Waals surface area contributed by atoms with Gasteiger partial charge in [0.05, 0.1) is 12.3 Å². The quantitative estimate of drug-likeness (QED) is 0.662. The average Bonchev–Trinajstić information content (AvgIpc) is 3.01. The maximum absolute atomic E-state index is 12.2. The summed E-state index contributed by atoms with van der Waals surface area (Å²) in [5.41, 5.74) is -0.196. The molecule has 0 saturated heterocycles. The van der Waals surface area contributed by atoms with Crippen molar-refractivity contribution in [3.05, 3.63) is 29.5 Å². The van der Waals surface area contributed by atoms with Crippen molar-refractivity contribution >= 4 is 17.7 Å². The molecular formula is C15H23N5O2S. The summed E-state index contributed by atoms with van der Waals surface area (Å²) in [5.74, 6) is 8.52. The molecule has 2 N–H and O–H groups in total. The van der Waals surface area contributed by atoms with Crippen LogP contribution in [0.4, 0.5) is 0 Å². The number of thioether (sulfide) groups is 1. The van der Waals surface area contributed by atoms with Crippen molar-refractivity contribution in [2.45, 2.75) is 44.8 Å². The van der Waals surface area contributed by atoms with Gasteiger partial charge < -0.3 is 15.2 Å². The summed E-state index contributed by atoms with van der Waals surface area (Å²) in [6.07, 6.45) is 0. The molecule has 126 valence electrons. The third-order valence-electron chi connectivity index (χ3n) is 3.27. The van der Waals surface area contributed by atoms with Gasteiger partial charge in [0, 0.05) is 12.5 Å². The Morgan fingerprint density at radius 1 is 1.39 bits per heavy atom. The van der Waals surface area contributed by atoms with E-state index < -0.39 is 0 Å². The Morgan fingerprint density at radius 3 is 2.61 bits per heavy atom. The molecule has 1 amide bonds. The average molecular weight is 337 g/mol. The zero-order valence-electron chi connectivity index (χ0n) is 14.2. The number of carbonyl (C=O) groups is 1. The molecule has 0 unspecified atom stereocenters. The zero-order valence-corrected chi connectivity index (χ0v) is 15.0. The van der Waals surface area contributed by atoms with Crippen molar-refractivity contribution in [1.82, 2.24) is 19.8 Å². The molecular weight excluding hydrogens is 314 g/mol. The predicted octanol–water partition coefficient (Wildman–Crippen LogP) is 1.94. The van der Waals surface area contributed by atoms with Crippen molar-refractivity contribution in [2.24, 2.45) is 0 Å². The van der Waals surface area contributed by atoms with E-state index in [9.17, 15) is 4.79 Å². The molecule has 0 fully saturated rings. The van der Waals surface area contributed by atoms with Gasteiger partial charge in [-0.1, -0.05) is 32.5 Å². The molecule has 23 heavy (non-hydrogen) atoms. The molecule has 2 aromatic heterocycles. The Bertz CT molecular complexity index is 686. The molecule has 0 spiro atoms. The normalized spacial score (nSPS) is 11.7. The van der Waals surface area contributed by atoms with Crippen molar-refractivity contribution in [2.75, 3.05) is 18.6 Å². The lowest BCUT2D eigenvalue weighted by molar-refractivity contribution is -0.127. The largest absolute Gasteiger partial charge is 0.464 e. The number of nitrogens with two attached hydrogens (primary N) is 1. The van der Waals surface area contributed by atoms with Crippen LogP contribution >= 0.6 is 11.8 Å². The SMILES string of the molecule is Cc1ccc(CN(C)C(=O)CSc2nnc(C(C)(C)C)n2N)o1. The van der Waals surface area contributed by atoms with Crippen LogP contribution in [0.25, 0.3) is 0 Å². The van der Waals surface area contributed by atoms with Crippen molar-refractivity contribution in [3.63, 3.8) is 0 Å². The molecule has 2 heterocycles. The fraction of sp³-hybridized carbons (Fsp3) is 0.533. The third-order valence-corrected chi connectivity index (χ3v) is 4.20. The van der Waals surface area contributed by atoms with Crippen LogP contribution in [-0.4, -0.2) is 38.5 Å². The highest BCUT2D eigenvalue weighted by Gasteiger charge is 2.23. The van der Waals surface area contributed by atoms with E-state index in [1.54, 1.807) is 11.9 Å². The van der Waals surface area contributed by atoms with E-state index in [2.05, 4.69) is 10.2 Å². The Labute approximate surface area is 140 Å². The Kier molecular flexibility index (Phi) is 5.03. The highest BCUT2D eigenvalue weighted by Crippen LogP contribution is 2.23.